The highest BCUT2D eigenvalue weighted by Crippen LogP contribution is 2.58. The van der Waals surface area contributed by atoms with Crippen molar-refractivity contribution in [2.45, 2.75) is 18.5 Å². The van der Waals surface area contributed by atoms with E-state index in [-0.39, 0.29) is 47.1 Å². The van der Waals surface area contributed by atoms with Gasteiger partial charge in [-0.3, -0.25) is 14.4 Å². The number of benzene rings is 2. The van der Waals surface area contributed by atoms with Gasteiger partial charge >= 0.3 is 0 Å². The van der Waals surface area contributed by atoms with Gasteiger partial charge in [-0.25, -0.2) is 0 Å². The van der Waals surface area contributed by atoms with E-state index in [0.29, 0.717) is 5.56 Å². The van der Waals surface area contributed by atoms with Gasteiger partial charge in [0.15, 0.2) is 5.78 Å². The highest BCUT2D eigenvalue weighted by Gasteiger charge is 2.67. The molecule has 2 aromatic rings. The second kappa shape index (κ2) is 6.38. The van der Waals surface area contributed by atoms with Crippen LogP contribution in [0, 0.1) is 35.5 Å². The Morgan fingerprint density at radius 1 is 0.750 bits per heavy atom. The van der Waals surface area contributed by atoms with E-state index in [1.54, 1.807) is 0 Å². The lowest BCUT2D eigenvalue weighted by molar-refractivity contribution is -0.146. The van der Waals surface area contributed by atoms with Gasteiger partial charge in [-0.1, -0.05) is 72.8 Å². The van der Waals surface area contributed by atoms with E-state index in [1.807, 2.05) is 66.7 Å². The lowest BCUT2D eigenvalue weighted by atomic mass is 9.61. The first-order valence-corrected chi connectivity index (χ1v) is 11.6. The summed E-state index contributed by atoms with van der Waals surface area (Å²) in [5.74, 6) is -0.933. The molecular weight excluding hydrogens is 398 g/mol. The first-order chi connectivity index (χ1) is 15.6. The minimum absolute atomic E-state index is 0.0634. The van der Waals surface area contributed by atoms with Crippen molar-refractivity contribution in [1.29, 1.82) is 0 Å². The van der Waals surface area contributed by atoms with Crippen molar-refractivity contribution in [3.8, 4) is 0 Å². The van der Waals surface area contributed by atoms with Crippen LogP contribution < -0.4 is 4.90 Å². The van der Waals surface area contributed by atoms with E-state index in [9.17, 15) is 14.4 Å². The molecule has 0 spiro atoms. The number of para-hydroxylation sites is 1. The third kappa shape index (κ3) is 2.20. The zero-order chi connectivity index (χ0) is 21.6. The molecule has 2 aliphatic heterocycles. The Kier molecular flexibility index (Phi) is 3.65. The second-order valence-electron chi connectivity index (χ2n) is 9.85. The standard InChI is InChI=1S/C28H23NO3/c30-26(16-7-2-1-3-8-16)25-24-23(20-13-12-15-6-4-5-9-19(15)29(20)25)27(31)21-17-10-11-18(14-17)22(21)28(24)32/h1-13,17-18,20-25H,14H2/t17-,18+,20-,21-,22+,23-,24-,25+/m0/s1. The lowest BCUT2D eigenvalue weighted by Gasteiger charge is -2.38. The van der Waals surface area contributed by atoms with E-state index in [2.05, 4.69) is 17.1 Å². The highest BCUT2D eigenvalue weighted by atomic mass is 16.2. The molecule has 0 unspecified atom stereocenters. The average Bonchev–Trinajstić information content (AvgIpc) is 3.54. The number of anilines is 1. The molecule has 5 aliphatic rings. The highest BCUT2D eigenvalue weighted by molar-refractivity contribution is 6.11. The predicted octanol–water partition coefficient (Wildman–Crippen LogP) is 3.98. The summed E-state index contributed by atoms with van der Waals surface area (Å²) in [5.41, 5.74) is 2.56. The molecule has 0 N–H and O–H groups in total. The Bertz CT molecular complexity index is 1230. The number of Topliss-reactive ketones (excluding diaryl/α,β-unsaturated/α-hetero) is 3. The van der Waals surface area contributed by atoms with Gasteiger partial charge in [-0.2, -0.15) is 0 Å². The largest absolute Gasteiger partial charge is 0.353 e. The lowest BCUT2D eigenvalue weighted by Crippen LogP contribution is -2.52. The Balaban J connectivity index is 1.41. The quantitative estimate of drug-likeness (QED) is 0.544. The molecule has 4 heteroatoms. The fourth-order valence-corrected chi connectivity index (χ4v) is 7.31. The molecule has 0 radical (unpaired) electrons. The monoisotopic (exact) mass is 421 g/mol. The van der Waals surface area contributed by atoms with Gasteiger partial charge in [0.1, 0.15) is 17.6 Å². The summed E-state index contributed by atoms with van der Waals surface area (Å²) in [5, 5.41) is 0. The number of hydrogen-bond acceptors (Lipinski definition) is 4. The Morgan fingerprint density at radius 3 is 2.16 bits per heavy atom. The minimum atomic E-state index is -0.654. The topological polar surface area (TPSA) is 54.5 Å². The van der Waals surface area contributed by atoms with E-state index in [1.165, 1.54) is 0 Å². The molecule has 3 aliphatic carbocycles. The number of allylic oxidation sites excluding steroid dienone is 2. The van der Waals surface area contributed by atoms with Crippen LogP contribution in [0.3, 0.4) is 0 Å². The van der Waals surface area contributed by atoms with Gasteiger partial charge in [-0.15, -0.1) is 0 Å². The predicted molar refractivity (Wildman–Crippen MR) is 121 cm³/mol. The van der Waals surface area contributed by atoms with Crippen LogP contribution in [0.15, 0.2) is 72.8 Å². The van der Waals surface area contributed by atoms with Crippen molar-refractivity contribution in [2.75, 3.05) is 4.90 Å². The fraction of sp³-hybridized carbons (Fsp3) is 0.321. The van der Waals surface area contributed by atoms with E-state index in [0.717, 1.165) is 17.7 Å². The van der Waals surface area contributed by atoms with E-state index < -0.39 is 17.9 Å². The summed E-state index contributed by atoms with van der Waals surface area (Å²) in [4.78, 5) is 44.0. The van der Waals surface area contributed by atoms with Crippen molar-refractivity contribution in [3.63, 3.8) is 0 Å². The smallest absolute Gasteiger partial charge is 0.186 e. The molecule has 158 valence electrons. The second-order valence-corrected chi connectivity index (χ2v) is 9.85. The first-order valence-electron chi connectivity index (χ1n) is 11.6. The molecular formula is C28H23NO3. The van der Waals surface area contributed by atoms with Gasteiger partial charge in [0, 0.05) is 23.1 Å². The van der Waals surface area contributed by atoms with Crippen LogP contribution in [0.25, 0.3) is 6.08 Å². The molecule has 2 saturated carbocycles. The SMILES string of the molecule is O=C1[C@@H]2[C@H](C(=O)[C@H]3[C@@H]1[C@@H]1C=Cc4ccccc4N1[C@H]3C(=O)c1ccccc1)[C@@H]1C=C[C@H]2C1. The Morgan fingerprint density at radius 2 is 1.41 bits per heavy atom. The maximum Gasteiger partial charge on any atom is 0.186 e. The molecule has 3 fully saturated rings. The molecule has 2 aromatic carbocycles. The Labute approximate surface area is 186 Å². The van der Waals surface area contributed by atoms with Gasteiger partial charge in [0.2, 0.25) is 0 Å². The number of ketones is 3. The van der Waals surface area contributed by atoms with Gasteiger partial charge in [0.05, 0.1) is 17.9 Å². The van der Waals surface area contributed by atoms with Crippen LogP contribution in [-0.2, 0) is 9.59 Å². The molecule has 7 rings (SSSR count). The number of fused-ring (bicyclic) bond motifs is 10. The summed E-state index contributed by atoms with van der Waals surface area (Å²) in [6.07, 6.45) is 9.27. The van der Waals surface area contributed by atoms with Crippen LogP contribution in [-0.4, -0.2) is 29.4 Å². The average molecular weight is 421 g/mol. The maximum absolute atomic E-state index is 14.0. The molecule has 32 heavy (non-hydrogen) atoms. The van der Waals surface area contributed by atoms with Crippen LogP contribution in [0.2, 0.25) is 0 Å². The fourth-order valence-electron chi connectivity index (χ4n) is 7.31. The van der Waals surface area contributed by atoms with Crippen molar-refractivity contribution >= 4 is 29.1 Å². The zero-order valence-corrected chi connectivity index (χ0v) is 17.5. The minimum Gasteiger partial charge on any atom is -0.353 e. The molecule has 2 heterocycles. The van der Waals surface area contributed by atoms with Crippen molar-refractivity contribution in [3.05, 3.63) is 84.0 Å². The molecule has 0 amide bonds. The number of rotatable bonds is 2. The zero-order valence-electron chi connectivity index (χ0n) is 17.5. The molecule has 4 nitrogen and oxygen atoms in total. The maximum atomic E-state index is 14.0. The number of carbonyl (C=O) groups is 3. The Hall–Kier alpha value is -3.27. The van der Waals surface area contributed by atoms with Gasteiger partial charge < -0.3 is 4.90 Å². The number of carbonyl (C=O) groups excluding carboxylic acids is 3. The summed E-state index contributed by atoms with van der Waals surface area (Å²) >= 11 is 0. The third-order valence-corrected chi connectivity index (χ3v) is 8.50. The molecule has 8 atom stereocenters. The van der Waals surface area contributed by atoms with Crippen LogP contribution in [0.1, 0.15) is 22.3 Å². The van der Waals surface area contributed by atoms with Gasteiger partial charge in [0.25, 0.3) is 0 Å². The van der Waals surface area contributed by atoms with Crippen molar-refractivity contribution in [2.24, 2.45) is 35.5 Å². The van der Waals surface area contributed by atoms with Crippen LogP contribution in [0.5, 0.6) is 0 Å². The van der Waals surface area contributed by atoms with Gasteiger partial charge in [-0.05, 0) is 29.9 Å². The molecule has 0 aromatic heterocycles. The third-order valence-electron chi connectivity index (χ3n) is 8.50. The summed E-state index contributed by atoms with van der Waals surface area (Å²) in [6.45, 7) is 0. The number of hydrogen-bond donors (Lipinski definition) is 0. The van der Waals surface area contributed by atoms with Crippen molar-refractivity contribution < 1.29 is 14.4 Å². The van der Waals surface area contributed by atoms with Crippen LogP contribution in [0.4, 0.5) is 5.69 Å². The van der Waals surface area contributed by atoms with Crippen molar-refractivity contribution in [1.82, 2.24) is 0 Å². The van der Waals surface area contributed by atoms with E-state index >= 15 is 0 Å². The normalized spacial score (nSPS) is 37.8. The summed E-state index contributed by atoms with van der Waals surface area (Å²) < 4.78 is 0. The first kappa shape index (κ1) is 18.3. The molecule has 2 bridgehead atoms. The molecule has 1 saturated heterocycles. The number of nitrogens with zero attached hydrogens (tertiary/aromatic N) is 1. The summed E-state index contributed by atoms with van der Waals surface area (Å²) in [6, 6.07) is 16.3. The van der Waals surface area contributed by atoms with E-state index in [4.69, 9.17) is 0 Å². The summed E-state index contributed by atoms with van der Waals surface area (Å²) in [7, 11) is 0. The van der Waals surface area contributed by atoms with Crippen LogP contribution >= 0.6 is 0 Å².